The van der Waals surface area contributed by atoms with Gasteiger partial charge in [-0.2, -0.15) is 0 Å². The van der Waals surface area contributed by atoms with Crippen LogP contribution in [0.5, 0.6) is 0 Å². The Morgan fingerprint density at radius 1 is 1.12 bits per heavy atom. The molecule has 0 saturated carbocycles. The van der Waals surface area contributed by atoms with E-state index in [0.717, 1.165) is 19.3 Å². The summed E-state index contributed by atoms with van der Waals surface area (Å²) in [4.78, 5) is 0. The van der Waals surface area contributed by atoms with Crippen molar-refractivity contribution >= 4 is 10.0 Å². The number of hydrogen-bond acceptors (Lipinski definition) is 2. The summed E-state index contributed by atoms with van der Waals surface area (Å²) in [6, 6.07) is 10.2. The zero-order chi connectivity index (χ0) is 12.0. The van der Waals surface area contributed by atoms with Crippen LogP contribution in [0.1, 0.15) is 18.4 Å². The Hall–Kier alpha value is -0.870. The van der Waals surface area contributed by atoms with Crippen molar-refractivity contribution in [2.75, 3.05) is 19.8 Å². The fourth-order valence-corrected chi connectivity index (χ4v) is 1.93. The third-order valence-corrected chi connectivity index (χ3v) is 3.91. The summed E-state index contributed by atoms with van der Waals surface area (Å²) in [5.74, 6) is 0. The Labute approximate surface area is 98.1 Å². The molecule has 1 rings (SSSR count). The zero-order valence-electron chi connectivity index (χ0n) is 9.89. The molecule has 0 spiro atoms. The lowest BCUT2D eigenvalue weighted by atomic mass is 10.1. The zero-order valence-corrected chi connectivity index (χ0v) is 10.7. The molecule has 0 aromatic heterocycles. The molecule has 0 aliphatic carbocycles. The lowest BCUT2D eigenvalue weighted by molar-refractivity contribution is 0.460. The molecule has 0 aliphatic rings. The summed E-state index contributed by atoms with van der Waals surface area (Å²) in [5.41, 5.74) is 1.31. The first-order valence-corrected chi connectivity index (χ1v) is 7.30. The van der Waals surface area contributed by atoms with Gasteiger partial charge in [0.05, 0.1) is 6.26 Å². The van der Waals surface area contributed by atoms with Crippen molar-refractivity contribution in [3.8, 4) is 0 Å². The largest absolute Gasteiger partial charge is 0.213 e. The van der Waals surface area contributed by atoms with Gasteiger partial charge in [0.1, 0.15) is 0 Å². The molecule has 0 atom stereocenters. The van der Waals surface area contributed by atoms with Gasteiger partial charge in [0.2, 0.25) is 10.0 Å². The van der Waals surface area contributed by atoms with Crippen LogP contribution in [0, 0.1) is 0 Å². The molecule has 0 amide bonds. The lowest BCUT2D eigenvalue weighted by Gasteiger charge is -2.13. The van der Waals surface area contributed by atoms with Crippen molar-refractivity contribution in [1.82, 2.24) is 4.31 Å². The van der Waals surface area contributed by atoms with E-state index in [2.05, 4.69) is 12.1 Å². The smallest absolute Gasteiger partial charge is 0.210 e. The third-order valence-electron chi connectivity index (χ3n) is 2.60. The highest BCUT2D eigenvalue weighted by atomic mass is 32.2. The molecule has 0 radical (unpaired) electrons. The van der Waals surface area contributed by atoms with Crippen molar-refractivity contribution in [3.05, 3.63) is 35.9 Å². The van der Waals surface area contributed by atoms with Crippen LogP contribution in [0.25, 0.3) is 0 Å². The predicted octanol–water partition coefficient (Wildman–Crippen LogP) is 1.90. The number of unbranched alkanes of at least 4 members (excludes halogenated alkanes) is 1. The number of aryl methyl sites for hydroxylation is 1. The van der Waals surface area contributed by atoms with E-state index in [1.807, 2.05) is 18.2 Å². The monoisotopic (exact) mass is 241 g/mol. The molecule has 0 unspecified atom stereocenters. The average molecular weight is 241 g/mol. The minimum Gasteiger partial charge on any atom is -0.213 e. The molecule has 0 heterocycles. The predicted molar refractivity (Wildman–Crippen MR) is 66.9 cm³/mol. The molecule has 0 aliphatic heterocycles. The van der Waals surface area contributed by atoms with E-state index < -0.39 is 10.0 Å². The maximum absolute atomic E-state index is 11.1. The first-order valence-electron chi connectivity index (χ1n) is 5.45. The van der Waals surface area contributed by atoms with Crippen molar-refractivity contribution in [1.29, 1.82) is 0 Å². The second-order valence-electron chi connectivity index (χ2n) is 4.03. The molecule has 90 valence electrons. The molecular formula is C12H19NO2S. The SMILES string of the molecule is CN(CCCCc1ccccc1)S(C)(=O)=O. The van der Waals surface area contributed by atoms with Gasteiger partial charge in [-0.05, 0) is 24.8 Å². The Kier molecular flexibility index (Phi) is 4.96. The fourth-order valence-electron chi connectivity index (χ4n) is 1.47. The summed E-state index contributed by atoms with van der Waals surface area (Å²) < 4.78 is 23.6. The molecule has 1 aromatic rings. The Bertz CT molecular complexity index is 400. The number of benzene rings is 1. The maximum Gasteiger partial charge on any atom is 0.210 e. The highest BCUT2D eigenvalue weighted by Crippen LogP contribution is 2.05. The number of rotatable bonds is 6. The molecule has 0 bridgehead atoms. The highest BCUT2D eigenvalue weighted by molar-refractivity contribution is 7.88. The second kappa shape index (κ2) is 6.01. The summed E-state index contributed by atoms with van der Waals surface area (Å²) in [7, 11) is -1.39. The van der Waals surface area contributed by atoms with Gasteiger partial charge in [-0.3, -0.25) is 0 Å². The van der Waals surface area contributed by atoms with Gasteiger partial charge in [-0.1, -0.05) is 30.3 Å². The van der Waals surface area contributed by atoms with Crippen LogP contribution in [0.15, 0.2) is 30.3 Å². The van der Waals surface area contributed by atoms with Gasteiger partial charge in [0.15, 0.2) is 0 Å². The van der Waals surface area contributed by atoms with Crippen LogP contribution >= 0.6 is 0 Å². The van der Waals surface area contributed by atoms with Crippen LogP contribution in [-0.4, -0.2) is 32.6 Å². The molecule has 16 heavy (non-hydrogen) atoms. The molecule has 0 fully saturated rings. The Balaban J connectivity index is 2.23. The van der Waals surface area contributed by atoms with Gasteiger partial charge < -0.3 is 0 Å². The Morgan fingerprint density at radius 2 is 1.75 bits per heavy atom. The standard InChI is InChI=1S/C12H19NO2S/c1-13(16(2,14)15)11-7-6-10-12-8-4-3-5-9-12/h3-5,8-9H,6-7,10-11H2,1-2H3. The molecule has 0 saturated heterocycles. The van der Waals surface area contributed by atoms with Gasteiger partial charge in [0, 0.05) is 13.6 Å². The van der Waals surface area contributed by atoms with E-state index in [-0.39, 0.29) is 0 Å². The normalized spacial score (nSPS) is 11.9. The molecular weight excluding hydrogens is 222 g/mol. The summed E-state index contributed by atoms with van der Waals surface area (Å²) in [6.45, 7) is 0.603. The second-order valence-corrected chi connectivity index (χ2v) is 6.12. The van der Waals surface area contributed by atoms with Crippen molar-refractivity contribution in [2.24, 2.45) is 0 Å². The van der Waals surface area contributed by atoms with Crippen LogP contribution in [0.2, 0.25) is 0 Å². The van der Waals surface area contributed by atoms with Crippen LogP contribution in [0.3, 0.4) is 0 Å². The van der Waals surface area contributed by atoms with E-state index in [0.29, 0.717) is 6.54 Å². The van der Waals surface area contributed by atoms with Crippen molar-refractivity contribution in [3.63, 3.8) is 0 Å². The molecule has 1 aromatic carbocycles. The summed E-state index contributed by atoms with van der Waals surface area (Å²) >= 11 is 0. The number of sulfonamides is 1. The minimum absolute atomic E-state index is 0.603. The summed E-state index contributed by atoms with van der Waals surface area (Å²) in [5, 5.41) is 0. The van der Waals surface area contributed by atoms with E-state index in [1.165, 1.54) is 16.1 Å². The average Bonchev–Trinajstić information content (AvgIpc) is 2.24. The third kappa shape index (κ3) is 4.77. The quantitative estimate of drug-likeness (QED) is 0.713. The van der Waals surface area contributed by atoms with Crippen LogP contribution in [0.4, 0.5) is 0 Å². The molecule has 3 nitrogen and oxygen atoms in total. The van der Waals surface area contributed by atoms with Gasteiger partial charge >= 0.3 is 0 Å². The lowest BCUT2D eigenvalue weighted by Crippen LogP contribution is -2.26. The maximum atomic E-state index is 11.1. The van der Waals surface area contributed by atoms with Crippen LogP contribution < -0.4 is 0 Å². The summed E-state index contributed by atoms with van der Waals surface area (Å²) in [6.07, 6.45) is 4.17. The molecule has 4 heteroatoms. The first kappa shape index (κ1) is 13.2. The number of hydrogen-bond donors (Lipinski definition) is 0. The van der Waals surface area contributed by atoms with E-state index in [4.69, 9.17) is 0 Å². The minimum atomic E-state index is -3.01. The number of nitrogens with zero attached hydrogens (tertiary/aromatic N) is 1. The fraction of sp³-hybridized carbons (Fsp3) is 0.500. The van der Waals surface area contributed by atoms with Crippen LogP contribution in [-0.2, 0) is 16.4 Å². The van der Waals surface area contributed by atoms with Gasteiger partial charge in [0.25, 0.3) is 0 Å². The molecule has 0 N–H and O–H groups in total. The van der Waals surface area contributed by atoms with Gasteiger partial charge in [-0.25, -0.2) is 12.7 Å². The Morgan fingerprint density at radius 3 is 2.31 bits per heavy atom. The van der Waals surface area contributed by atoms with E-state index >= 15 is 0 Å². The van der Waals surface area contributed by atoms with Crippen molar-refractivity contribution < 1.29 is 8.42 Å². The van der Waals surface area contributed by atoms with E-state index in [9.17, 15) is 8.42 Å². The highest BCUT2D eigenvalue weighted by Gasteiger charge is 2.09. The topological polar surface area (TPSA) is 37.4 Å². The first-order chi connectivity index (χ1) is 7.50. The van der Waals surface area contributed by atoms with Gasteiger partial charge in [-0.15, -0.1) is 0 Å². The van der Waals surface area contributed by atoms with Crippen molar-refractivity contribution in [2.45, 2.75) is 19.3 Å². The van der Waals surface area contributed by atoms with E-state index in [1.54, 1.807) is 7.05 Å².